The van der Waals surface area contributed by atoms with Crippen LogP contribution in [0.15, 0.2) is 54.6 Å². The average Bonchev–Trinajstić information content (AvgIpc) is 2.37. The molecular weight excluding hydrogens is 210 g/mol. The van der Waals surface area contributed by atoms with Gasteiger partial charge in [-0.05, 0) is 24.6 Å². The lowest BCUT2D eigenvalue weighted by molar-refractivity contribution is 0.101. The number of hydrogen-bond donors (Lipinski definition) is 1. The van der Waals surface area contributed by atoms with E-state index in [4.69, 9.17) is 0 Å². The first kappa shape index (κ1) is 11.4. The van der Waals surface area contributed by atoms with Crippen molar-refractivity contribution in [3.8, 4) is 0 Å². The van der Waals surface area contributed by atoms with Crippen LogP contribution in [0.4, 0.5) is 5.69 Å². The molecule has 17 heavy (non-hydrogen) atoms. The lowest BCUT2D eigenvalue weighted by Gasteiger charge is -2.06. The molecular formula is C15H14NO. The van der Waals surface area contributed by atoms with Crippen molar-refractivity contribution in [2.24, 2.45) is 0 Å². The summed E-state index contributed by atoms with van der Waals surface area (Å²) in [6, 6.07) is 16.9. The summed E-state index contributed by atoms with van der Waals surface area (Å²) in [5.41, 5.74) is 2.58. The van der Waals surface area contributed by atoms with E-state index in [1.54, 1.807) is 0 Å². The van der Waals surface area contributed by atoms with Gasteiger partial charge in [0.1, 0.15) is 0 Å². The lowest BCUT2D eigenvalue weighted by atomic mass is 10.1. The smallest absolute Gasteiger partial charge is 0.181 e. The van der Waals surface area contributed by atoms with E-state index in [-0.39, 0.29) is 5.78 Å². The minimum atomic E-state index is 0.0834. The number of carbonyl (C=O) groups is 1. The zero-order chi connectivity index (χ0) is 12.1. The van der Waals surface area contributed by atoms with Gasteiger partial charge in [-0.15, -0.1) is 0 Å². The summed E-state index contributed by atoms with van der Waals surface area (Å²) in [6.45, 7) is 4.14. The number of anilines is 1. The highest BCUT2D eigenvalue weighted by atomic mass is 16.1. The van der Waals surface area contributed by atoms with Crippen molar-refractivity contribution < 1.29 is 4.79 Å². The number of hydrogen-bond acceptors (Lipinski definition) is 2. The van der Waals surface area contributed by atoms with Crippen molar-refractivity contribution in [2.45, 2.75) is 0 Å². The summed E-state index contributed by atoms with van der Waals surface area (Å²) in [6.07, 6.45) is 0. The Morgan fingerprint density at radius 3 is 2.53 bits per heavy atom. The van der Waals surface area contributed by atoms with Gasteiger partial charge in [0.2, 0.25) is 0 Å². The van der Waals surface area contributed by atoms with Crippen molar-refractivity contribution in [3.63, 3.8) is 0 Å². The SMILES string of the molecule is [CH2]c1cccc(NCC(=O)c2ccccc2)c1. The highest BCUT2D eigenvalue weighted by molar-refractivity contribution is 5.98. The topological polar surface area (TPSA) is 29.1 Å². The quantitative estimate of drug-likeness (QED) is 0.808. The van der Waals surface area contributed by atoms with E-state index in [0.29, 0.717) is 6.54 Å². The van der Waals surface area contributed by atoms with Gasteiger partial charge in [0.05, 0.1) is 6.54 Å². The molecule has 0 aromatic heterocycles. The van der Waals surface area contributed by atoms with Gasteiger partial charge in [0.25, 0.3) is 0 Å². The summed E-state index contributed by atoms with van der Waals surface area (Å²) < 4.78 is 0. The summed E-state index contributed by atoms with van der Waals surface area (Å²) in [7, 11) is 0. The molecule has 2 rings (SSSR count). The molecule has 0 spiro atoms. The molecule has 0 aliphatic carbocycles. The van der Waals surface area contributed by atoms with Crippen LogP contribution in [0.2, 0.25) is 0 Å². The second kappa shape index (κ2) is 5.30. The number of rotatable bonds is 4. The van der Waals surface area contributed by atoms with E-state index in [1.165, 1.54) is 0 Å². The second-order valence-corrected chi connectivity index (χ2v) is 3.84. The molecule has 2 heteroatoms. The third kappa shape index (κ3) is 3.18. The third-order valence-electron chi connectivity index (χ3n) is 2.48. The maximum absolute atomic E-state index is 11.8. The van der Waals surface area contributed by atoms with Gasteiger partial charge in [-0.1, -0.05) is 42.5 Å². The number of benzene rings is 2. The van der Waals surface area contributed by atoms with E-state index in [9.17, 15) is 4.79 Å². The fraction of sp³-hybridized carbons (Fsp3) is 0.0667. The second-order valence-electron chi connectivity index (χ2n) is 3.84. The predicted octanol–water partition coefficient (Wildman–Crippen LogP) is 3.16. The fourth-order valence-electron chi connectivity index (χ4n) is 1.59. The van der Waals surface area contributed by atoms with E-state index in [1.807, 2.05) is 54.6 Å². The maximum atomic E-state index is 11.8. The Kier molecular flexibility index (Phi) is 3.55. The summed E-state index contributed by atoms with van der Waals surface area (Å²) in [4.78, 5) is 11.8. The number of ketones is 1. The molecule has 0 fully saturated rings. The molecule has 2 nitrogen and oxygen atoms in total. The molecule has 0 unspecified atom stereocenters. The van der Waals surface area contributed by atoms with Gasteiger partial charge in [0.15, 0.2) is 5.78 Å². The Bertz CT molecular complexity index is 505. The van der Waals surface area contributed by atoms with Gasteiger partial charge in [-0.25, -0.2) is 0 Å². The van der Waals surface area contributed by atoms with Gasteiger partial charge in [0, 0.05) is 11.3 Å². The first-order valence-corrected chi connectivity index (χ1v) is 5.50. The molecule has 2 aromatic carbocycles. The molecule has 0 aliphatic heterocycles. The van der Waals surface area contributed by atoms with Crippen LogP contribution in [0.5, 0.6) is 0 Å². The molecule has 0 aliphatic rings. The zero-order valence-corrected chi connectivity index (χ0v) is 9.52. The standard InChI is InChI=1S/C15H14NO/c1-12-6-5-9-14(10-12)16-11-15(17)13-7-3-2-4-8-13/h2-10,16H,1,11H2. The molecule has 0 atom stereocenters. The Morgan fingerprint density at radius 2 is 1.82 bits per heavy atom. The van der Waals surface area contributed by atoms with Gasteiger partial charge >= 0.3 is 0 Å². The van der Waals surface area contributed by atoms with Crippen molar-refractivity contribution in [2.75, 3.05) is 11.9 Å². The van der Waals surface area contributed by atoms with Crippen molar-refractivity contribution >= 4 is 11.5 Å². The van der Waals surface area contributed by atoms with Crippen LogP contribution in [0.25, 0.3) is 0 Å². The lowest BCUT2D eigenvalue weighted by Crippen LogP contribution is -2.13. The number of nitrogens with one attached hydrogen (secondary N) is 1. The van der Waals surface area contributed by atoms with Gasteiger partial charge < -0.3 is 5.32 Å². The highest BCUT2D eigenvalue weighted by Gasteiger charge is 2.03. The van der Waals surface area contributed by atoms with Crippen LogP contribution >= 0.6 is 0 Å². The van der Waals surface area contributed by atoms with Crippen LogP contribution in [0.1, 0.15) is 15.9 Å². The zero-order valence-electron chi connectivity index (χ0n) is 9.52. The summed E-state index contributed by atoms with van der Waals surface area (Å²) in [5.74, 6) is 0.0834. The Hall–Kier alpha value is -2.09. The minimum absolute atomic E-state index is 0.0834. The largest absolute Gasteiger partial charge is 0.378 e. The minimum Gasteiger partial charge on any atom is -0.378 e. The van der Waals surface area contributed by atoms with E-state index < -0.39 is 0 Å². The van der Waals surface area contributed by atoms with Crippen LogP contribution in [-0.4, -0.2) is 12.3 Å². The monoisotopic (exact) mass is 224 g/mol. The molecule has 1 radical (unpaired) electrons. The van der Waals surface area contributed by atoms with Crippen molar-refractivity contribution in [1.29, 1.82) is 0 Å². The Labute approximate surface area is 101 Å². The number of Topliss-reactive ketones (excluding diaryl/α,β-unsaturated/α-hetero) is 1. The predicted molar refractivity (Wildman–Crippen MR) is 70.2 cm³/mol. The summed E-state index contributed by atoms with van der Waals surface area (Å²) >= 11 is 0. The average molecular weight is 224 g/mol. The van der Waals surface area contributed by atoms with E-state index in [0.717, 1.165) is 16.8 Å². The molecule has 0 heterocycles. The normalized spacial score (nSPS) is 9.94. The van der Waals surface area contributed by atoms with Crippen LogP contribution < -0.4 is 5.32 Å². The van der Waals surface area contributed by atoms with E-state index in [2.05, 4.69) is 12.2 Å². The Balaban J connectivity index is 1.97. The Morgan fingerprint density at radius 1 is 1.06 bits per heavy atom. The maximum Gasteiger partial charge on any atom is 0.181 e. The first-order chi connectivity index (χ1) is 8.25. The van der Waals surface area contributed by atoms with Gasteiger partial charge in [-0.2, -0.15) is 0 Å². The van der Waals surface area contributed by atoms with Gasteiger partial charge in [-0.3, -0.25) is 4.79 Å². The molecule has 0 bridgehead atoms. The number of carbonyl (C=O) groups excluding carboxylic acids is 1. The van der Waals surface area contributed by atoms with Crippen molar-refractivity contribution in [1.82, 2.24) is 0 Å². The van der Waals surface area contributed by atoms with Crippen LogP contribution in [0, 0.1) is 6.92 Å². The highest BCUT2D eigenvalue weighted by Crippen LogP contribution is 2.09. The molecule has 0 saturated carbocycles. The fourth-order valence-corrected chi connectivity index (χ4v) is 1.59. The van der Waals surface area contributed by atoms with Crippen molar-refractivity contribution in [3.05, 3.63) is 72.6 Å². The van der Waals surface area contributed by atoms with Crippen LogP contribution in [0.3, 0.4) is 0 Å². The molecule has 1 N–H and O–H groups in total. The third-order valence-corrected chi connectivity index (χ3v) is 2.48. The molecule has 0 saturated heterocycles. The molecule has 0 amide bonds. The van der Waals surface area contributed by atoms with E-state index >= 15 is 0 Å². The molecule has 85 valence electrons. The summed E-state index contributed by atoms with van der Waals surface area (Å²) in [5, 5.41) is 3.09. The van der Waals surface area contributed by atoms with Crippen LogP contribution in [-0.2, 0) is 0 Å². The molecule has 2 aromatic rings. The first-order valence-electron chi connectivity index (χ1n) is 5.50.